The van der Waals surface area contributed by atoms with Gasteiger partial charge in [-0.15, -0.1) is 0 Å². The molecule has 0 heterocycles. The van der Waals surface area contributed by atoms with E-state index in [0.29, 0.717) is 0 Å². The van der Waals surface area contributed by atoms with E-state index in [9.17, 15) is 17.6 Å². The molecule has 0 unspecified atom stereocenters. The van der Waals surface area contributed by atoms with E-state index in [-0.39, 0.29) is 10.0 Å². The van der Waals surface area contributed by atoms with Crippen LogP contribution in [0.4, 0.5) is 4.39 Å². The summed E-state index contributed by atoms with van der Waals surface area (Å²) < 4.78 is 40.4. The molecule has 0 aromatic heterocycles. The van der Waals surface area contributed by atoms with Gasteiger partial charge in [0.25, 0.3) is 0 Å². The lowest BCUT2D eigenvalue weighted by Crippen LogP contribution is -2.07. The van der Waals surface area contributed by atoms with Crippen molar-refractivity contribution in [3.05, 3.63) is 28.0 Å². The van der Waals surface area contributed by atoms with Gasteiger partial charge in [-0.1, -0.05) is 0 Å². The first-order valence-electron chi connectivity index (χ1n) is 4.04. The Morgan fingerprint density at radius 3 is 2.44 bits per heavy atom. The van der Waals surface area contributed by atoms with Crippen LogP contribution in [0.3, 0.4) is 0 Å². The quantitative estimate of drug-likeness (QED) is 0.781. The van der Waals surface area contributed by atoms with Crippen LogP contribution in [0.1, 0.15) is 10.4 Å². The van der Waals surface area contributed by atoms with Crippen molar-refractivity contribution in [3.63, 3.8) is 0 Å². The van der Waals surface area contributed by atoms with Gasteiger partial charge in [-0.2, -0.15) is 0 Å². The van der Waals surface area contributed by atoms with Crippen LogP contribution in [-0.2, 0) is 14.6 Å². The summed E-state index contributed by atoms with van der Waals surface area (Å²) in [5, 5.41) is 0. The minimum atomic E-state index is -3.72. The van der Waals surface area contributed by atoms with E-state index in [1.54, 1.807) is 0 Å². The van der Waals surface area contributed by atoms with Crippen LogP contribution in [0, 0.1) is 5.82 Å². The maximum atomic E-state index is 13.3. The fraction of sp³-hybridized carbons (Fsp3) is 0.222. The SMILES string of the molecule is COC(=O)c1cc(S(C)(=O)=O)c(F)cc1Br. The van der Waals surface area contributed by atoms with E-state index < -0.39 is 26.5 Å². The first kappa shape index (κ1) is 13.1. The summed E-state index contributed by atoms with van der Waals surface area (Å²) >= 11 is 2.95. The Morgan fingerprint density at radius 2 is 2.00 bits per heavy atom. The Kier molecular flexibility index (Phi) is 3.69. The summed E-state index contributed by atoms with van der Waals surface area (Å²) in [6.45, 7) is 0. The van der Waals surface area contributed by atoms with Crippen LogP contribution in [0.15, 0.2) is 21.5 Å². The molecular formula is C9H8BrFO4S. The second kappa shape index (κ2) is 4.50. The topological polar surface area (TPSA) is 60.4 Å². The van der Waals surface area contributed by atoms with Gasteiger partial charge >= 0.3 is 5.97 Å². The van der Waals surface area contributed by atoms with Gasteiger partial charge in [-0.05, 0) is 28.1 Å². The van der Waals surface area contributed by atoms with Crippen LogP contribution in [-0.4, -0.2) is 27.8 Å². The van der Waals surface area contributed by atoms with E-state index in [2.05, 4.69) is 20.7 Å². The third-order valence-corrected chi connectivity index (χ3v) is 3.59. The molecule has 1 rings (SSSR count). The van der Waals surface area contributed by atoms with E-state index in [0.717, 1.165) is 25.5 Å². The Bertz CT molecular complexity index is 539. The summed E-state index contributed by atoms with van der Waals surface area (Å²) in [5.41, 5.74) is -0.0377. The number of carbonyl (C=O) groups is 1. The van der Waals surface area contributed by atoms with Gasteiger partial charge < -0.3 is 4.74 Å². The lowest BCUT2D eigenvalue weighted by atomic mass is 10.2. The monoisotopic (exact) mass is 310 g/mol. The van der Waals surface area contributed by atoms with Crippen LogP contribution < -0.4 is 0 Å². The number of rotatable bonds is 2. The largest absolute Gasteiger partial charge is 0.465 e. The maximum Gasteiger partial charge on any atom is 0.339 e. The molecule has 0 bridgehead atoms. The van der Waals surface area contributed by atoms with Crippen LogP contribution in [0.2, 0.25) is 0 Å². The molecule has 0 radical (unpaired) electrons. The van der Waals surface area contributed by atoms with Gasteiger partial charge in [0.1, 0.15) is 10.7 Å². The highest BCUT2D eigenvalue weighted by Gasteiger charge is 2.20. The Labute approximate surface area is 100 Å². The minimum Gasteiger partial charge on any atom is -0.465 e. The van der Waals surface area contributed by atoms with Crippen molar-refractivity contribution in [2.45, 2.75) is 4.90 Å². The molecular weight excluding hydrogens is 303 g/mol. The van der Waals surface area contributed by atoms with Gasteiger partial charge in [0.2, 0.25) is 0 Å². The lowest BCUT2D eigenvalue weighted by Gasteiger charge is -2.06. The van der Waals surface area contributed by atoms with E-state index in [1.165, 1.54) is 0 Å². The number of hydrogen-bond acceptors (Lipinski definition) is 4. The van der Waals surface area contributed by atoms with Gasteiger partial charge in [-0.3, -0.25) is 0 Å². The number of carbonyl (C=O) groups excluding carboxylic acids is 1. The fourth-order valence-electron chi connectivity index (χ4n) is 1.08. The van der Waals surface area contributed by atoms with Gasteiger partial charge in [0, 0.05) is 10.7 Å². The van der Waals surface area contributed by atoms with Crippen LogP contribution >= 0.6 is 15.9 Å². The first-order chi connectivity index (χ1) is 7.27. The molecule has 7 heteroatoms. The van der Waals surface area contributed by atoms with Crippen molar-refractivity contribution in [1.29, 1.82) is 0 Å². The molecule has 0 saturated heterocycles. The smallest absolute Gasteiger partial charge is 0.339 e. The van der Waals surface area contributed by atoms with E-state index >= 15 is 0 Å². The summed E-state index contributed by atoms with van der Waals surface area (Å²) in [7, 11) is -2.57. The summed E-state index contributed by atoms with van der Waals surface area (Å²) in [6, 6.07) is 1.86. The summed E-state index contributed by atoms with van der Waals surface area (Å²) in [4.78, 5) is 10.7. The summed E-state index contributed by atoms with van der Waals surface area (Å²) in [5.74, 6) is -1.65. The molecule has 0 spiro atoms. The minimum absolute atomic E-state index is 0.0377. The molecule has 16 heavy (non-hydrogen) atoms. The number of esters is 1. The third-order valence-electron chi connectivity index (χ3n) is 1.83. The molecule has 0 aliphatic carbocycles. The number of ether oxygens (including phenoxy) is 1. The van der Waals surface area contributed by atoms with Crippen molar-refractivity contribution >= 4 is 31.7 Å². The van der Waals surface area contributed by atoms with Crippen LogP contribution in [0.5, 0.6) is 0 Å². The standard InChI is InChI=1S/C9H8BrFO4S/c1-15-9(12)5-3-8(16(2,13)14)7(11)4-6(5)10/h3-4H,1-2H3. The molecule has 0 aliphatic heterocycles. The number of hydrogen-bond donors (Lipinski definition) is 0. The molecule has 4 nitrogen and oxygen atoms in total. The average molecular weight is 311 g/mol. The highest BCUT2D eigenvalue weighted by atomic mass is 79.9. The zero-order valence-corrected chi connectivity index (χ0v) is 10.9. The van der Waals surface area contributed by atoms with Crippen molar-refractivity contribution in [2.24, 2.45) is 0 Å². The van der Waals surface area contributed by atoms with E-state index in [1.807, 2.05) is 0 Å². The fourth-order valence-corrected chi connectivity index (χ4v) is 2.30. The zero-order valence-electron chi connectivity index (χ0n) is 8.45. The third kappa shape index (κ3) is 2.59. The second-order valence-corrected chi connectivity index (χ2v) is 5.86. The lowest BCUT2D eigenvalue weighted by molar-refractivity contribution is 0.0599. The van der Waals surface area contributed by atoms with Gasteiger partial charge in [0.05, 0.1) is 12.7 Å². The Morgan fingerprint density at radius 1 is 1.44 bits per heavy atom. The average Bonchev–Trinajstić information content (AvgIpc) is 2.14. The highest BCUT2D eigenvalue weighted by molar-refractivity contribution is 9.10. The number of methoxy groups -OCH3 is 1. The molecule has 0 aliphatic rings. The van der Waals surface area contributed by atoms with Crippen molar-refractivity contribution in [3.8, 4) is 0 Å². The predicted molar refractivity (Wildman–Crippen MR) is 58.5 cm³/mol. The Hall–Kier alpha value is -0.950. The molecule has 0 N–H and O–H groups in total. The Balaban J connectivity index is 3.51. The first-order valence-corrected chi connectivity index (χ1v) is 6.73. The number of benzene rings is 1. The van der Waals surface area contributed by atoms with Gasteiger partial charge in [-0.25, -0.2) is 17.6 Å². The predicted octanol–water partition coefficient (Wildman–Crippen LogP) is 1.78. The highest BCUT2D eigenvalue weighted by Crippen LogP contribution is 2.24. The van der Waals surface area contributed by atoms with Crippen molar-refractivity contribution in [1.82, 2.24) is 0 Å². The zero-order chi connectivity index (χ0) is 12.5. The van der Waals surface area contributed by atoms with Crippen molar-refractivity contribution < 1.29 is 22.3 Å². The van der Waals surface area contributed by atoms with Crippen LogP contribution in [0.25, 0.3) is 0 Å². The summed E-state index contributed by atoms with van der Waals surface area (Å²) in [6.07, 6.45) is 0.861. The molecule has 0 fully saturated rings. The molecule has 1 aromatic carbocycles. The molecule has 0 saturated carbocycles. The number of halogens is 2. The van der Waals surface area contributed by atoms with Crippen molar-refractivity contribution in [2.75, 3.05) is 13.4 Å². The number of sulfone groups is 1. The molecule has 0 amide bonds. The molecule has 0 atom stereocenters. The second-order valence-electron chi connectivity index (χ2n) is 3.03. The van der Waals surface area contributed by atoms with Gasteiger partial charge in [0.15, 0.2) is 9.84 Å². The van der Waals surface area contributed by atoms with E-state index in [4.69, 9.17) is 0 Å². The maximum absolute atomic E-state index is 13.3. The molecule has 1 aromatic rings. The normalized spacial score (nSPS) is 11.2. The molecule has 88 valence electrons.